The highest BCUT2D eigenvalue weighted by atomic mass is 19.1. The third-order valence-electron chi connectivity index (χ3n) is 7.02. The van der Waals surface area contributed by atoms with Gasteiger partial charge in [-0.3, -0.25) is 4.68 Å². The molecule has 2 aliphatic rings. The molecule has 172 valence electrons. The van der Waals surface area contributed by atoms with Gasteiger partial charge in [-0.15, -0.1) is 5.10 Å². The molecule has 0 amide bonds. The van der Waals surface area contributed by atoms with Gasteiger partial charge in [0, 0.05) is 36.7 Å². The van der Waals surface area contributed by atoms with Crippen LogP contribution in [0.5, 0.6) is 5.75 Å². The Labute approximate surface area is 190 Å². The first kappa shape index (κ1) is 20.2. The number of ether oxygens (including phenoxy) is 1. The number of halogens is 1. The molecule has 1 saturated heterocycles. The first-order chi connectivity index (χ1) is 16.1. The van der Waals surface area contributed by atoms with Crippen molar-refractivity contribution in [2.75, 3.05) is 30.8 Å². The molecule has 0 bridgehead atoms. The number of nitrogens with two attached hydrogens (primary N) is 1. The summed E-state index contributed by atoms with van der Waals surface area (Å²) in [6, 6.07) is 3.46. The van der Waals surface area contributed by atoms with E-state index in [4.69, 9.17) is 15.5 Å². The van der Waals surface area contributed by atoms with Gasteiger partial charge < -0.3 is 15.4 Å². The number of aromatic nitrogens is 6. The van der Waals surface area contributed by atoms with E-state index in [-0.39, 0.29) is 17.6 Å². The number of anilines is 2. The Kier molecular flexibility index (Phi) is 4.81. The summed E-state index contributed by atoms with van der Waals surface area (Å²) < 4.78 is 23.1. The summed E-state index contributed by atoms with van der Waals surface area (Å²) in [5.41, 5.74) is 8.36. The zero-order chi connectivity index (χ0) is 22.5. The quantitative estimate of drug-likeness (QED) is 0.506. The average molecular weight is 451 g/mol. The predicted octanol–water partition coefficient (Wildman–Crippen LogP) is 3.70. The van der Waals surface area contributed by atoms with Crippen molar-refractivity contribution < 1.29 is 9.13 Å². The summed E-state index contributed by atoms with van der Waals surface area (Å²) >= 11 is 0. The molecule has 0 unspecified atom stereocenters. The zero-order valence-electron chi connectivity index (χ0n) is 18.6. The first-order valence-corrected chi connectivity index (χ1v) is 11.6. The second-order valence-electron chi connectivity index (χ2n) is 9.08. The van der Waals surface area contributed by atoms with Crippen LogP contribution < -0.4 is 15.4 Å². The molecule has 1 atom stereocenters. The molecule has 1 aliphatic carbocycles. The van der Waals surface area contributed by atoms with E-state index in [9.17, 15) is 4.39 Å². The van der Waals surface area contributed by atoms with Gasteiger partial charge in [0.15, 0.2) is 23.0 Å². The molecule has 2 N–H and O–H groups in total. The molecule has 33 heavy (non-hydrogen) atoms. The largest absolute Gasteiger partial charge is 0.494 e. The van der Waals surface area contributed by atoms with E-state index in [1.165, 1.54) is 43.4 Å². The van der Waals surface area contributed by atoms with Crippen molar-refractivity contribution in [1.29, 1.82) is 0 Å². The minimum atomic E-state index is -0.467. The smallest absolute Gasteiger partial charge is 0.223 e. The molecule has 1 aromatic carbocycles. The SMILES string of the molecule is COc1cc2nc(N)n3nc([C@@H]4CCCN(c5cnn(C6CCCC6)c5)C4)nc3c2cc1F. The number of hydrogen-bond donors (Lipinski definition) is 1. The second-order valence-corrected chi connectivity index (χ2v) is 9.08. The lowest BCUT2D eigenvalue weighted by Gasteiger charge is -2.32. The molecule has 9 nitrogen and oxygen atoms in total. The van der Waals surface area contributed by atoms with Crippen molar-refractivity contribution in [3.05, 3.63) is 36.2 Å². The number of hydrogen-bond acceptors (Lipinski definition) is 7. The van der Waals surface area contributed by atoms with Gasteiger partial charge in [0.25, 0.3) is 0 Å². The Morgan fingerprint density at radius 3 is 2.79 bits per heavy atom. The van der Waals surface area contributed by atoms with Crippen LogP contribution in [0.25, 0.3) is 16.6 Å². The number of benzene rings is 1. The molecular weight excluding hydrogens is 423 g/mol. The van der Waals surface area contributed by atoms with E-state index in [0.717, 1.165) is 31.6 Å². The Hall–Kier alpha value is -3.43. The number of fused-ring (bicyclic) bond motifs is 3. The highest BCUT2D eigenvalue weighted by Gasteiger charge is 2.27. The first-order valence-electron chi connectivity index (χ1n) is 11.6. The monoisotopic (exact) mass is 450 g/mol. The minimum Gasteiger partial charge on any atom is -0.494 e. The highest BCUT2D eigenvalue weighted by molar-refractivity contribution is 5.93. The summed E-state index contributed by atoms with van der Waals surface area (Å²) in [5.74, 6) is 0.729. The summed E-state index contributed by atoms with van der Waals surface area (Å²) in [6.45, 7) is 1.79. The fourth-order valence-corrected chi connectivity index (χ4v) is 5.26. The van der Waals surface area contributed by atoms with Crippen LogP contribution in [-0.4, -0.2) is 49.6 Å². The summed E-state index contributed by atoms with van der Waals surface area (Å²) in [6.07, 6.45) is 11.2. The molecule has 1 aliphatic heterocycles. The molecule has 6 rings (SSSR count). The lowest BCUT2D eigenvalue weighted by atomic mass is 9.97. The fraction of sp³-hybridized carbons (Fsp3) is 0.478. The van der Waals surface area contributed by atoms with Crippen molar-refractivity contribution >= 4 is 28.2 Å². The second kappa shape index (κ2) is 7.86. The number of nitrogen functional groups attached to an aromatic ring is 1. The summed E-state index contributed by atoms with van der Waals surface area (Å²) in [7, 11) is 1.42. The van der Waals surface area contributed by atoms with Crippen molar-refractivity contribution in [2.24, 2.45) is 0 Å². The molecule has 4 heterocycles. The fourth-order valence-electron chi connectivity index (χ4n) is 5.26. The van der Waals surface area contributed by atoms with Gasteiger partial charge in [-0.05, 0) is 31.7 Å². The Balaban J connectivity index is 1.31. The van der Waals surface area contributed by atoms with E-state index >= 15 is 0 Å². The topological polar surface area (TPSA) is 99.4 Å². The van der Waals surface area contributed by atoms with Crippen LogP contribution in [0.2, 0.25) is 0 Å². The van der Waals surface area contributed by atoms with Crippen LogP contribution in [0.1, 0.15) is 56.3 Å². The number of nitrogens with zero attached hydrogens (tertiary/aromatic N) is 7. The lowest BCUT2D eigenvalue weighted by molar-refractivity contribution is 0.387. The van der Waals surface area contributed by atoms with E-state index in [1.807, 2.05) is 6.20 Å². The van der Waals surface area contributed by atoms with Crippen LogP contribution in [0, 0.1) is 5.82 Å². The van der Waals surface area contributed by atoms with Gasteiger partial charge in [-0.1, -0.05) is 12.8 Å². The minimum absolute atomic E-state index is 0.125. The van der Waals surface area contributed by atoms with Gasteiger partial charge >= 0.3 is 0 Å². The van der Waals surface area contributed by atoms with Crippen molar-refractivity contribution in [3.8, 4) is 5.75 Å². The van der Waals surface area contributed by atoms with E-state index in [1.54, 1.807) is 6.07 Å². The van der Waals surface area contributed by atoms with Gasteiger partial charge in [0.1, 0.15) is 0 Å². The zero-order valence-corrected chi connectivity index (χ0v) is 18.6. The third-order valence-corrected chi connectivity index (χ3v) is 7.02. The molecule has 3 aromatic heterocycles. The van der Waals surface area contributed by atoms with Crippen molar-refractivity contribution in [2.45, 2.75) is 50.5 Å². The summed E-state index contributed by atoms with van der Waals surface area (Å²) in [4.78, 5) is 11.5. The van der Waals surface area contributed by atoms with Gasteiger partial charge in [-0.2, -0.15) is 9.61 Å². The van der Waals surface area contributed by atoms with Gasteiger partial charge in [0.05, 0.1) is 30.6 Å². The molecular formula is C23H27FN8O. The van der Waals surface area contributed by atoms with Crippen LogP contribution in [-0.2, 0) is 0 Å². The average Bonchev–Trinajstić information content (AvgIpc) is 3.60. The van der Waals surface area contributed by atoms with Gasteiger partial charge in [-0.25, -0.2) is 14.4 Å². The van der Waals surface area contributed by atoms with Crippen molar-refractivity contribution in [1.82, 2.24) is 29.4 Å². The maximum absolute atomic E-state index is 14.4. The molecule has 0 radical (unpaired) electrons. The van der Waals surface area contributed by atoms with Crippen LogP contribution in [0.4, 0.5) is 16.0 Å². The van der Waals surface area contributed by atoms with E-state index < -0.39 is 5.82 Å². The predicted molar refractivity (Wildman–Crippen MR) is 123 cm³/mol. The van der Waals surface area contributed by atoms with Crippen molar-refractivity contribution in [3.63, 3.8) is 0 Å². The van der Waals surface area contributed by atoms with E-state index in [2.05, 4.69) is 31.0 Å². The maximum Gasteiger partial charge on any atom is 0.223 e. The molecule has 4 aromatic rings. The Bertz CT molecular complexity index is 1330. The molecule has 0 spiro atoms. The maximum atomic E-state index is 14.4. The summed E-state index contributed by atoms with van der Waals surface area (Å²) in [5, 5.41) is 9.88. The number of piperidine rings is 1. The number of methoxy groups -OCH3 is 1. The highest BCUT2D eigenvalue weighted by Crippen LogP contribution is 2.33. The van der Waals surface area contributed by atoms with Crippen LogP contribution in [0.3, 0.4) is 0 Å². The van der Waals surface area contributed by atoms with Crippen LogP contribution >= 0.6 is 0 Å². The molecule has 10 heteroatoms. The van der Waals surface area contributed by atoms with E-state index in [0.29, 0.717) is 28.4 Å². The number of rotatable bonds is 4. The molecule has 2 fully saturated rings. The molecule has 1 saturated carbocycles. The Morgan fingerprint density at radius 1 is 1.12 bits per heavy atom. The van der Waals surface area contributed by atoms with Gasteiger partial charge in [0.2, 0.25) is 5.95 Å². The standard InChI is InChI=1S/C23H27FN8O/c1-33-20-10-19-17(9-18(20)24)22-28-21(29-32(22)23(25)27-19)14-5-4-8-30(12-14)16-11-26-31(13-16)15-6-2-3-7-15/h9-11,13-15H,2-8,12H2,1H3,(H2,25,27)/t14-/m1/s1. The van der Waals surface area contributed by atoms with Crippen LogP contribution in [0.15, 0.2) is 24.5 Å². The Morgan fingerprint density at radius 2 is 1.97 bits per heavy atom. The normalized spacial score (nSPS) is 19.7. The lowest BCUT2D eigenvalue weighted by Crippen LogP contribution is -2.34. The third kappa shape index (κ3) is 3.44.